The minimum absolute atomic E-state index is 0.0703. The molecule has 3 aliphatic rings. The molecular formula is C23H27ClN5O7P. The van der Waals surface area contributed by atoms with Gasteiger partial charge in [-0.05, 0) is 35.6 Å². The highest BCUT2D eigenvalue weighted by atomic mass is 35.5. The number of hydrogen-bond acceptors (Lipinski definition) is 9. The monoisotopic (exact) mass is 551 g/mol. The summed E-state index contributed by atoms with van der Waals surface area (Å²) in [5, 5.41) is 26.1. The lowest BCUT2D eigenvalue weighted by Crippen LogP contribution is -2.58. The smallest absolute Gasteiger partial charge is 0.350 e. The van der Waals surface area contributed by atoms with E-state index in [-0.39, 0.29) is 23.9 Å². The third-order valence-corrected chi connectivity index (χ3v) is 8.24. The molecule has 14 heteroatoms. The second kappa shape index (κ2) is 9.25. The van der Waals surface area contributed by atoms with Gasteiger partial charge >= 0.3 is 7.60 Å². The van der Waals surface area contributed by atoms with Crippen LogP contribution in [0.4, 0.5) is 5.82 Å². The highest BCUT2D eigenvalue weighted by Crippen LogP contribution is 2.47. The Hall–Kier alpha value is -2.15. The first-order chi connectivity index (χ1) is 17.6. The maximum Gasteiger partial charge on any atom is 0.350 e. The number of aromatic nitrogens is 4. The van der Waals surface area contributed by atoms with Gasteiger partial charge in [-0.3, -0.25) is 4.57 Å². The SMILES string of the molecule is O=P(O)(O)COC[C@H]1O[C@H](Cn2ncc3c(N4CC5(CCc6ccccc65)C4)nc(Cl)nc32)[C@H](O)[C@@H]1O. The first-order valence-electron chi connectivity index (χ1n) is 12.0. The van der Waals surface area contributed by atoms with Crippen LogP contribution in [-0.2, 0) is 32.4 Å². The second-order valence-corrected chi connectivity index (χ2v) is 12.0. The summed E-state index contributed by atoms with van der Waals surface area (Å²) in [5.74, 6) is 0.702. The molecule has 2 saturated heterocycles. The molecule has 3 aromatic rings. The van der Waals surface area contributed by atoms with Crippen molar-refractivity contribution >= 4 is 36.0 Å². The summed E-state index contributed by atoms with van der Waals surface area (Å²) in [7, 11) is -4.35. The zero-order valence-electron chi connectivity index (χ0n) is 19.7. The van der Waals surface area contributed by atoms with Crippen LogP contribution in [-0.4, -0.2) is 90.2 Å². The van der Waals surface area contributed by atoms with Crippen LogP contribution in [0, 0.1) is 0 Å². The van der Waals surface area contributed by atoms with Crippen molar-refractivity contribution in [2.45, 2.75) is 49.2 Å². The van der Waals surface area contributed by atoms with Crippen molar-refractivity contribution in [1.82, 2.24) is 19.7 Å². The molecule has 0 saturated carbocycles. The van der Waals surface area contributed by atoms with Crippen molar-refractivity contribution < 1.29 is 34.0 Å². The minimum Gasteiger partial charge on any atom is -0.388 e. The summed E-state index contributed by atoms with van der Waals surface area (Å²) in [4.78, 5) is 28.9. The third-order valence-electron chi connectivity index (χ3n) is 7.55. The van der Waals surface area contributed by atoms with E-state index in [4.69, 9.17) is 30.9 Å². The standard InChI is InChI=1S/C23H27ClN5O7P/c24-22-26-20(28-10-23(11-28)6-5-13-3-1-2-4-15(13)23)14-7-25-29(21(14)27-22)8-16-18(30)19(31)17(36-16)9-35-12-37(32,33)34/h1-4,7,16-19,30-31H,5-6,8-12H2,(H2,32,33,34)/t16-,17-,18+,19-/m1/s1. The van der Waals surface area contributed by atoms with E-state index in [9.17, 15) is 14.8 Å². The predicted octanol–water partition coefficient (Wildman–Crippen LogP) is 0.825. The highest BCUT2D eigenvalue weighted by Gasteiger charge is 2.49. The van der Waals surface area contributed by atoms with Crippen LogP contribution in [0.15, 0.2) is 30.5 Å². The van der Waals surface area contributed by atoms with E-state index in [2.05, 4.69) is 44.2 Å². The Balaban J connectivity index is 1.18. The van der Waals surface area contributed by atoms with E-state index in [0.29, 0.717) is 11.5 Å². The summed E-state index contributed by atoms with van der Waals surface area (Å²) < 4.78 is 23.2. The highest BCUT2D eigenvalue weighted by molar-refractivity contribution is 7.51. The molecule has 198 valence electrons. The van der Waals surface area contributed by atoms with Crippen LogP contribution in [0.1, 0.15) is 17.5 Å². The average molecular weight is 552 g/mol. The molecule has 0 radical (unpaired) electrons. The van der Waals surface area contributed by atoms with Gasteiger partial charge in [-0.2, -0.15) is 15.1 Å². The van der Waals surface area contributed by atoms with Gasteiger partial charge in [0.1, 0.15) is 36.6 Å². The van der Waals surface area contributed by atoms with E-state index in [1.807, 2.05) is 0 Å². The fourth-order valence-electron chi connectivity index (χ4n) is 5.79. The number of aliphatic hydroxyl groups is 2. The first kappa shape index (κ1) is 25.1. The van der Waals surface area contributed by atoms with Gasteiger partial charge in [-0.15, -0.1) is 0 Å². The van der Waals surface area contributed by atoms with E-state index in [1.54, 1.807) is 10.9 Å². The molecule has 4 heterocycles. The van der Waals surface area contributed by atoms with Crippen molar-refractivity contribution in [2.24, 2.45) is 0 Å². The number of anilines is 1. The third kappa shape index (κ3) is 4.55. The number of aliphatic hydroxyl groups excluding tert-OH is 2. The normalized spacial score (nSPS) is 26.7. The van der Waals surface area contributed by atoms with E-state index in [1.165, 1.54) is 11.1 Å². The molecule has 2 aliphatic heterocycles. The molecule has 4 atom stereocenters. The number of benzene rings is 1. The summed E-state index contributed by atoms with van der Waals surface area (Å²) >= 11 is 6.30. The van der Waals surface area contributed by atoms with E-state index >= 15 is 0 Å². The zero-order valence-corrected chi connectivity index (χ0v) is 21.4. The molecule has 2 aromatic heterocycles. The second-order valence-electron chi connectivity index (χ2n) is 10.0. The van der Waals surface area contributed by atoms with E-state index < -0.39 is 38.4 Å². The van der Waals surface area contributed by atoms with Gasteiger partial charge in [-0.25, -0.2) is 4.68 Å². The van der Waals surface area contributed by atoms with E-state index in [0.717, 1.165) is 31.3 Å². The van der Waals surface area contributed by atoms with Crippen LogP contribution >= 0.6 is 19.2 Å². The first-order valence-corrected chi connectivity index (χ1v) is 14.2. The van der Waals surface area contributed by atoms with Gasteiger partial charge in [0.15, 0.2) is 5.65 Å². The fourth-order valence-corrected chi connectivity index (χ4v) is 6.29. The molecule has 2 fully saturated rings. The quantitative estimate of drug-likeness (QED) is 0.243. The number of hydrogen-bond donors (Lipinski definition) is 4. The van der Waals surface area contributed by atoms with Crippen LogP contribution in [0.3, 0.4) is 0 Å². The average Bonchev–Trinajstić information content (AvgIpc) is 3.48. The Morgan fingerprint density at radius 1 is 1.16 bits per heavy atom. The van der Waals surface area contributed by atoms with Gasteiger partial charge in [0, 0.05) is 18.5 Å². The number of ether oxygens (including phenoxy) is 2. The molecule has 6 rings (SSSR count). The van der Waals surface area contributed by atoms with Crippen molar-refractivity contribution in [3.8, 4) is 0 Å². The molecule has 0 amide bonds. The number of aryl methyl sites for hydroxylation is 1. The largest absolute Gasteiger partial charge is 0.388 e. The lowest BCUT2D eigenvalue weighted by Gasteiger charge is -2.49. The predicted molar refractivity (Wildman–Crippen MR) is 133 cm³/mol. The maximum atomic E-state index is 11.0. The molecule has 1 aromatic carbocycles. The van der Waals surface area contributed by atoms with Crippen LogP contribution in [0.2, 0.25) is 5.28 Å². The van der Waals surface area contributed by atoms with Crippen molar-refractivity contribution in [3.05, 3.63) is 46.9 Å². The Labute approximate surface area is 217 Å². The Morgan fingerprint density at radius 3 is 2.70 bits per heavy atom. The summed E-state index contributed by atoms with van der Waals surface area (Å²) in [5.41, 5.74) is 3.41. The van der Waals surface area contributed by atoms with Gasteiger partial charge in [0.05, 0.1) is 24.7 Å². The molecule has 0 unspecified atom stereocenters. The molecule has 0 bridgehead atoms. The Kier molecular flexibility index (Phi) is 6.28. The lowest BCUT2D eigenvalue weighted by atomic mass is 9.75. The van der Waals surface area contributed by atoms with Gasteiger partial charge in [0.2, 0.25) is 5.28 Å². The van der Waals surface area contributed by atoms with Gasteiger partial charge < -0.3 is 34.4 Å². The number of nitrogens with zero attached hydrogens (tertiary/aromatic N) is 5. The molecule has 4 N–H and O–H groups in total. The molecule has 1 spiro atoms. The van der Waals surface area contributed by atoms with Crippen LogP contribution in [0.25, 0.3) is 11.0 Å². The Morgan fingerprint density at radius 2 is 1.92 bits per heavy atom. The fraction of sp³-hybridized carbons (Fsp3) is 0.522. The summed E-state index contributed by atoms with van der Waals surface area (Å²) in [6.07, 6.45) is -1.31. The van der Waals surface area contributed by atoms with Crippen LogP contribution < -0.4 is 4.90 Å². The van der Waals surface area contributed by atoms with Gasteiger partial charge in [-0.1, -0.05) is 24.3 Å². The van der Waals surface area contributed by atoms with Gasteiger partial charge in [0.25, 0.3) is 0 Å². The Bertz CT molecular complexity index is 1380. The summed E-state index contributed by atoms with van der Waals surface area (Å²) in [6, 6.07) is 8.58. The molecule has 1 aliphatic carbocycles. The van der Waals surface area contributed by atoms with Crippen molar-refractivity contribution in [2.75, 3.05) is 30.9 Å². The molecule has 12 nitrogen and oxygen atoms in total. The lowest BCUT2D eigenvalue weighted by molar-refractivity contribution is -0.0421. The molecule has 37 heavy (non-hydrogen) atoms. The van der Waals surface area contributed by atoms with Crippen LogP contribution in [0.5, 0.6) is 0 Å². The zero-order chi connectivity index (χ0) is 25.9. The topological polar surface area (TPSA) is 163 Å². The number of rotatable bonds is 7. The summed E-state index contributed by atoms with van der Waals surface area (Å²) in [6.45, 7) is 1.44. The maximum absolute atomic E-state index is 11.0. The van der Waals surface area contributed by atoms with Crippen molar-refractivity contribution in [1.29, 1.82) is 0 Å². The number of fused-ring (bicyclic) bond motifs is 3. The molecular weight excluding hydrogens is 525 g/mol. The minimum atomic E-state index is -4.35. The van der Waals surface area contributed by atoms with Crippen molar-refractivity contribution in [3.63, 3.8) is 0 Å². The number of halogens is 1.